The minimum Gasteiger partial charge on any atom is -0.395 e. The van der Waals surface area contributed by atoms with Crippen molar-refractivity contribution in [2.45, 2.75) is 32.4 Å². The molecule has 0 aliphatic rings. The van der Waals surface area contributed by atoms with Crippen molar-refractivity contribution in [1.29, 1.82) is 0 Å². The summed E-state index contributed by atoms with van der Waals surface area (Å²) < 4.78 is 0. The third-order valence-corrected chi connectivity index (χ3v) is 2.80. The van der Waals surface area contributed by atoms with Crippen LogP contribution in [0.5, 0.6) is 0 Å². The highest BCUT2D eigenvalue weighted by Gasteiger charge is 2.12. The van der Waals surface area contributed by atoms with Gasteiger partial charge < -0.3 is 10.4 Å². The Balaban J connectivity index is 2.69. The Hall–Kier alpha value is -1.46. The molecular weight excluding hydrogens is 220 g/mol. The predicted molar refractivity (Wildman–Crippen MR) is 65.8 cm³/mol. The second kappa shape index (κ2) is 6.32. The lowest BCUT2D eigenvalue weighted by atomic mass is 10.1. The smallest absolute Gasteiger partial charge is 0.269 e. The van der Waals surface area contributed by atoms with Crippen molar-refractivity contribution < 1.29 is 10.0 Å². The molecule has 0 spiro atoms. The maximum Gasteiger partial charge on any atom is 0.269 e. The number of nitrogens with one attached hydrogen (secondary N) is 1. The first-order valence-electron chi connectivity index (χ1n) is 5.69. The van der Waals surface area contributed by atoms with Gasteiger partial charge in [0.15, 0.2) is 0 Å². The number of nitro groups is 1. The normalized spacial score (nSPS) is 14.3. The van der Waals surface area contributed by atoms with Gasteiger partial charge in [-0.2, -0.15) is 0 Å². The summed E-state index contributed by atoms with van der Waals surface area (Å²) in [6.07, 6.45) is 0.841. The average Bonchev–Trinajstić information content (AvgIpc) is 2.35. The van der Waals surface area contributed by atoms with Gasteiger partial charge in [0.25, 0.3) is 5.69 Å². The minimum absolute atomic E-state index is 0.0557. The molecule has 0 saturated heterocycles. The summed E-state index contributed by atoms with van der Waals surface area (Å²) in [6, 6.07) is 6.58. The molecule has 1 aromatic rings. The highest BCUT2D eigenvalue weighted by Crippen LogP contribution is 2.18. The van der Waals surface area contributed by atoms with Crippen molar-refractivity contribution in [2.75, 3.05) is 6.61 Å². The fourth-order valence-corrected chi connectivity index (χ4v) is 1.63. The molecule has 1 unspecified atom stereocenters. The predicted octanol–water partition coefficient (Wildman–Crippen LogP) is 2.02. The van der Waals surface area contributed by atoms with Gasteiger partial charge in [-0.05, 0) is 18.9 Å². The van der Waals surface area contributed by atoms with Crippen LogP contribution in [0.3, 0.4) is 0 Å². The Morgan fingerprint density at radius 2 is 2.00 bits per heavy atom. The number of aliphatic hydroxyl groups excluding tert-OH is 1. The van der Waals surface area contributed by atoms with Crippen molar-refractivity contribution in [3.05, 3.63) is 39.9 Å². The first-order valence-corrected chi connectivity index (χ1v) is 5.69. The number of nitro benzene ring substituents is 1. The number of hydrogen-bond donors (Lipinski definition) is 2. The van der Waals surface area contributed by atoms with Gasteiger partial charge in [0.1, 0.15) is 0 Å². The molecular formula is C12H18N2O3. The SMILES string of the molecule is CC[C@@H](CO)NC(C)c1ccc([N+](=O)[O-])cc1. The van der Waals surface area contributed by atoms with E-state index in [9.17, 15) is 10.1 Å². The van der Waals surface area contributed by atoms with E-state index >= 15 is 0 Å². The fraction of sp³-hybridized carbons (Fsp3) is 0.500. The van der Waals surface area contributed by atoms with Crippen LogP contribution in [0.1, 0.15) is 31.9 Å². The van der Waals surface area contributed by atoms with Crippen molar-refractivity contribution in [2.24, 2.45) is 0 Å². The minimum atomic E-state index is -0.412. The summed E-state index contributed by atoms with van der Waals surface area (Å²) in [4.78, 5) is 10.1. The van der Waals surface area contributed by atoms with Gasteiger partial charge in [0.2, 0.25) is 0 Å². The van der Waals surface area contributed by atoms with Gasteiger partial charge in [-0.15, -0.1) is 0 Å². The Morgan fingerprint density at radius 3 is 2.41 bits per heavy atom. The van der Waals surface area contributed by atoms with Crippen LogP contribution in [0.2, 0.25) is 0 Å². The lowest BCUT2D eigenvalue weighted by Gasteiger charge is -2.20. The largest absolute Gasteiger partial charge is 0.395 e. The number of rotatable bonds is 6. The molecule has 2 N–H and O–H groups in total. The van der Waals surface area contributed by atoms with E-state index in [4.69, 9.17) is 5.11 Å². The van der Waals surface area contributed by atoms with Crippen molar-refractivity contribution in [1.82, 2.24) is 5.32 Å². The lowest BCUT2D eigenvalue weighted by molar-refractivity contribution is -0.384. The summed E-state index contributed by atoms with van der Waals surface area (Å²) >= 11 is 0. The van der Waals surface area contributed by atoms with Crippen molar-refractivity contribution >= 4 is 5.69 Å². The Bertz CT molecular complexity index is 361. The average molecular weight is 238 g/mol. The number of non-ortho nitro benzene ring substituents is 1. The lowest BCUT2D eigenvalue weighted by Crippen LogP contribution is -2.33. The van der Waals surface area contributed by atoms with E-state index in [0.717, 1.165) is 12.0 Å². The van der Waals surface area contributed by atoms with Crippen LogP contribution in [-0.4, -0.2) is 22.7 Å². The van der Waals surface area contributed by atoms with E-state index in [1.54, 1.807) is 12.1 Å². The van der Waals surface area contributed by atoms with E-state index in [-0.39, 0.29) is 24.4 Å². The van der Waals surface area contributed by atoms with Gasteiger partial charge in [-0.25, -0.2) is 0 Å². The van der Waals surface area contributed by atoms with Gasteiger partial charge in [0, 0.05) is 24.2 Å². The third-order valence-electron chi connectivity index (χ3n) is 2.80. The van der Waals surface area contributed by atoms with E-state index < -0.39 is 4.92 Å². The molecule has 0 radical (unpaired) electrons. The zero-order valence-corrected chi connectivity index (χ0v) is 10.1. The van der Waals surface area contributed by atoms with Crippen LogP contribution in [0.25, 0.3) is 0 Å². The van der Waals surface area contributed by atoms with Crippen LogP contribution >= 0.6 is 0 Å². The van der Waals surface area contributed by atoms with Crippen molar-refractivity contribution in [3.63, 3.8) is 0 Å². The van der Waals surface area contributed by atoms with Crippen LogP contribution in [-0.2, 0) is 0 Å². The molecule has 5 heteroatoms. The zero-order valence-electron chi connectivity index (χ0n) is 10.1. The zero-order chi connectivity index (χ0) is 12.8. The monoisotopic (exact) mass is 238 g/mol. The first-order chi connectivity index (χ1) is 8.08. The molecule has 0 fully saturated rings. The topological polar surface area (TPSA) is 75.4 Å². The molecule has 0 amide bonds. The number of benzene rings is 1. The first kappa shape index (κ1) is 13.6. The molecule has 0 bridgehead atoms. The van der Waals surface area contributed by atoms with E-state index in [0.29, 0.717) is 0 Å². The molecule has 0 saturated carbocycles. The van der Waals surface area contributed by atoms with E-state index in [2.05, 4.69) is 5.32 Å². The molecule has 0 aliphatic carbocycles. The Labute approximate surface area is 101 Å². The molecule has 0 aromatic heterocycles. The van der Waals surface area contributed by atoms with E-state index in [1.807, 2.05) is 13.8 Å². The number of aliphatic hydroxyl groups is 1. The maximum atomic E-state index is 10.5. The second-order valence-corrected chi connectivity index (χ2v) is 4.02. The summed E-state index contributed by atoms with van der Waals surface area (Å²) in [7, 11) is 0. The molecule has 2 atom stereocenters. The van der Waals surface area contributed by atoms with Crippen LogP contribution in [0, 0.1) is 10.1 Å². The molecule has 17 heavy (non-hydrogen) atoms. The standard InChI is InChI=1S/C12H18N2O3/c1-3-11(8-15)13-9(2)10-4-6-12(7-5-10)14(16)17/h4-7,9,11,13,15H,3,8H2,1-2H3/t9?,11-/m0/s1. The van der Waals surface area contributed by atoms with E-state index in [1.165, 1.54) is 12.1 Å². The summed E-state index contributed by atoms with van der Waals surface area (Å²) in [5.74, 6) is 0. The van der Waals surface area contributed by atoms with Crippen LogP contribution in [0.4, 0.5) is 5.69 Å². The molecule has 1 rings (SSSR count). The number of nitrogens with zero attached hydrogens (tertiary/aromatic N) is 1. The molecule has 0 aliphatic heterocycles. The summed E-state index contributed by atoms with van der Waals surface area (Å²) in [6.45, 7) is 4.06. The van der Waals surface area contributed by atoms with Crippen LogP contribution in [0.15, 0.2) is 24.3 Å². The maximum absolute atomic E-state index is 10.5. The molecule has 5 nitrogen and oxygen atoms in total. The quantitative estimate of drug-likeness (QED) is 0.587. The summed E-state index contributed by atoms with van der Waals surface area (Å²) in [5, 5.41) is 22.9. The van der Waals surface area contributed by atoms with Crippen molar-refractivity contribution in [3.8, 4) is 0 Å². The molecule has 0 heterocycles. The summed E-state index contributed by atoms with van der Waals surface area (Å²) in [5.41, 5.74) is 1.07. The van der Waals surface area contributed by atoms with Crippen LogP contribution < -0.4 is 5.32 Å². The Morgan fingerprint density at radius 1 is 1.41 bits per heavy atom. The van der Waals surface area contributed by atoms with Gasteiger partial charge in [-0.3, -0.25) is 10.1 Å². The Kier molecular flexibility index (Phi) is 5.06. The highest BCUT2D eigenvalue weighted by molar-refractivity contribution is 5.34. The third kappa shape index (κ3) is 3.80. The number of hydrogen-bond acceptors (Lipinski definition) is 4. The molecule has 1 aromatic carbocycles. The van der Waals surface area contributed by atoms with Gasteiger partial charge in [0.05, 0.1) is 11.5 Å². The molecule has 94 valence electrons. The fourth-order valence-electron chi connectivity index (χ4n) is 1.63. The second-order valence-electron chi connectivity index (χ2n) is 4.02. The van der Waals surface area contributed by atoms with Gasteiger partial charge >= 0.3 is 0 Å². The highest BCUT2D eigenvalue weighted by atomic mass is 16.6. The van der Waals surface area contributed by atoms with Gasteiger partial charge in [-0.1, -0.05) is 19.1 Å².